The van der Waals surface area contributed by atoms with Crippen LogP contribution in [0.1, 0.15) is 42.7 Å². The number of fused-ring (bicyclic) bond motifs is 3. The number of rotatable bonds is 5. The zero-order chi connectivity index (χ0) is 18.1. The Morgan fingerprint density at radius 3 is 2.69 bits per heavy atom. The molecule has 0 aliphatic heterocycles. The number of aromatic nitrogens is 2. The number of nitrogens with one attached hydrogen (secondary N) is 1. The lowest BCUT2D eigenvalue weighted by Crippen LogP contribution is -2.21. The second-order valence-corrected chi connectivity index (χ2v) is 7.99. The normalized spacial score (nSPS) is 13.7. The van der Waals surface area contributed by atoms with Crippen molar-refractivity contribution in [2.45, 2.75) is 46.5 Å². The molecule has 0 atom stereocenters. The predicted molar refractivity (Wildman–Crippen MR) is 112 cm³/mol. The Labute approximate surface area is 159 Å². The largest absolute Gasteiger partial charge is 0.372 e. The SMILES string of the molecule is CCN(CC)c1ccc(Nc2ncnc3sc4c(c23)CCCC4)c(C)c1. The standard InChI is InChI=1S/C21H26N4S/c1-4-25(5-2)15-10-11-17(14(3)12-15)24-20-19-16-8-6-7-9-18(16)26-21(19)23-13-22-20/h10-13H,4-9H2,1-3H3,(H,22,23,24). The molecular weight excluding hydrogens is 340 g/mol. The lowest BCUT2D eigenvalue weighted by atomic mass is 9.97. The molecule has 0 radical (unpaired) electrons. The van der Waals surface area contributed by atoms with Crippen molar-refractivity contribution < 1.29 is 0 Å². The fraction of sp³-hybridized carbons (Fsp3) is 0.429. The van der Waals surface area contributed by atoms with Crippen LogP contribution in [0.2, 0.25) is 0 Å². The number of benzene rings is 1. The highest BCUT2D eigenvalue weighted by Crippen LogP contribution is 2.39. The maximum Gasteiger partial charge on any atom is 0.142 e. The first-order valence-corrected chi connectivity index (χ1v) is 10.4. The summed E-state index contributed by atoms with van der Waals surface area (Å²) in [5.74, 6) is 0.952. The van der Waals surface area contributed by atoms with E-state index in [1.807, 2.05) is 11.3 Å². The predicted octanol–water partition coefficient (Wildman–Crippen LogP) is 5.47. The third-order valence-corrected chi connectivity index (χ3v) is 6.54. The van der Waals surface area contributed by atoms with E-state index in [1.54, 1.807) is 6.33 Å². The van der Waals surface area contributed by atoms with Gasteiger partial charge in [0.15, 0.2) is 0 Å². The average molecular weight is 367 g/mol. The average Bonchev–Trinajstić information content (AvgIpc) is 3.04. The Balaban J connectivity index is 1.70. The number of aryl methyl sites for hydroxylation is 3. The van der Waals surface area contributed by atoms with E-state index in [1.165, 1.54) is 46.3 Å². The molecule has 1 aliphatic carbocycles. The van der Waals surface area contributed by atoms with Gasteiger partial charge in [-0.3, -0.25) is 0 Å². The molecule has 1 N–H and O–H groups in total. The van der Waals surface area contributed by atoms with Crippen LogP contribution in [-0.4, -0.2) is 23.1 Å². The lowest BCUT2D eigenvalue weighted by molar-refractivity contribution is 0.700. The summed E-state index contributed by atoms with van der Waals surface area (Å²) in [6.07, 6.45) is 6.59. The van der Waals surface area contributed by atoms with E-state index < -0.39 is 0 Å². The minimum atomic E-state index is 0.952. The molecule has 0 fully saturated rings. The van der Waals surface area contributed by atoms with Gasteiger partial charge in [0.05, 0.1) is 5.39 Å². The van der Waals surface area contributed by atoms with Crippen molar-refractivity contribution in [3.63, 3.8) is 0 Å². The van der Waals surface area contributed by atoms with Crippen molar-refractivity contribution in [3.8, 4) is 0 Å². The molecule has 0 unspecified atom stereocenters. The summed E-state index contributed by atoms with van der Waals surface area (Å²) < 4.78 is 0. The van der Waals surface area contributed by atoms with Crippen LogP contribution in [0.4, 0.5) is 17.2 Å². The van der Waals surface area contributed by atoms with Gasteiger partial charge < -0.3 is 10.2 Å². The molecule has 1 aliphatic rings. The third kappa shape index (κ3) is 3.05. The second kappa shape index (κ2) is 7.23. The van der Waals surface area contributed by atoms with Gasteiger partial charge in [0, 0.05) is 29.3 Å². The zero-order valence-electron chi connectivity index (χ0n) is 15.8. The van der Waals surface area contributed by atoms with Crippen LogP contribution in [0.3, 0.4) is 0 Å². The Morgan fingerprint density at radius 1 is 1.12 bits per heavy atom. The van der Waals surface area contributed by atoms with Crippen LogP contribution in [0, 0.1) is 6.92 Å². The Hall–Kier alpha value is -2.14. The van der Waals surface area contributed by atoms with E-state index in [-0.39, 0.29) is 0 Å². The van der Waals surface area contributed by atoms with E-state index in [2.05, 4.69) is 59.2 Å². The van der Waals surface area contributed by atoms with Crippen molar-refractivity contribution >= 4 is 38.7 Å². The highest BCUT2D eigenvalue weighted by molar-refractivity contribution is 7.19. The first-order chi connectivity index (χ1) is 12.7. The molecule has 0 saturated carbocycles. The van der Waals surface area contributed by atoms with Gasteiger partial charge in [0.2, 0.25) is 0 Å². The molecule has 3 aromatic rings. The van der Waals surface area contributed by atoms with Gasteiger partial charge in [-0.15, -0.1) is 11.3 Å². The molecule has 0 amide bonds. The van der Waals surface area contributed by atoms with E-state index in [0.717, 1.165) is 35.8 Å². The Morgan fingerprint density at radius 2 is 1.92 bits per heavy atom. The third-order valence-electron chi connectivity index (χ3n) is 5.34. The van der Waals surface area contributed by atoms with E-state index >= 15 is 0 Å². The van der Waals surface area contributed by atoms with Gasteiger partial charge >= 0.3 is 0 Å². The molecule has 0 spiro atoms. The van der Waals surface area contributed by atoms with Gasteiger partial charge in [-0.2, -0.15) is 0 Å². The quantitative estimate of drug-likeness (QED) is 0.650. The number of nitrogens with zero attached hydrogens (tertiary/aromatic N) is 3. The topological polar surface area (TPSA) is 41.0 Å². The van der Waals surface area contributed by atoms with Gasteiger partial charge in [0.25, 0.3) is 0 Å². The molecular formula is C21H26N4S. The maximum absolute atomic E-state index is 4.59. The van der Waals surface area contributed by atoms with E-state index in [0.29, 0.717) is 0 Å². The van der Waals surface area contributed by atoms with E-state index in [9.17, 15) is 0 Å². The molecule has 0 bridgehead atoms. The fourth-order valence-electron chi connectivity index (χ4n) is 3.89. The molecule has 2 aromatic heterocycles. The van der Waals surface area contributed by atoms with E-state index in [4.69, 9.17) is 0 Å². The van der Waals surface area contributed by atoms with Gasteiger partial charge in [0.1, 0.15) is 17.0 Å². The number of thiophene rings is 1. The van der Waals surface area contributed by atoms with Gasteiger partial charge in [-0.1, -0.05) is 0 Å². The zero-order valence-corrected chi connectivity index (χ0v) is 16.6. The van der Waals surface area contributed by atoms with Crippen LogP contribution in [0.15, 0.2) is 24.5 Å². The molecule has 1 aromatic carbocycles. The Bertz CT molecular complexity index is 927. The first kappa shape index (κ1) is 17.3. The van der Waals surface area contributed by atoms with Crippen LogP contribution in [0.5, 0.6) is 0 Å². The summed E-state index contributed by atoms with van der Waals surface area (Å²) in [4.78, 5) is 14.1. The molecule has 4 nitrogen and oxygen atoms in total. The van der Waals surface area contributed by atoms with Crippen molar-refractivity contribution in [2.75, 3.05) is 23.3 Å². The molecule has 5 heteroatoms. The highest BCUT2D eigenvalue weighted by atomic mass is 32.1. The summed E-state index contributed by atoms with van der Waals surface area (Å²) in [6.45, 7) is 8.61. The fourth-order valence-corrected chi connectivity index (χ4v) is 5.11. The van der Waals surface area contributed by atoms with Crippen molar-refractivity contribution in [3.05, 3.63) is 40.5 Å². The number of hydrogen-bond acceptors (Lipinski definition) is 5. The summed E-state index contributed by atoms with van der Waals surface area (Å²) in [6, 6.07) is 6.64. The summed E-state index contributed by atoms with van der Waals surface area (Å²) in [7, 11) is 0. The van der Waals surface area contributed by atoms with Crippen LogP contribution >= 0.6 is 11.3 Å². The second-order valence-electron chi connectivity index (χ2n) is 6.91. The summed E-state index contributed by atoms with van der Waals surface area (Å²) in [5.41, 5.74) is 5.11. The summed E-state index contributed by atoms with van der Waals surface area (Å²) in [5, 5.41) is 4.83. The highest BCUT2D eigenvalue weighted by Gasteiger charge is 2.20. The lowest BCUT2D eigenvalue weighted by Gasteiger charge is -2.22. The monoisotopic (exact) mass is 366 g/mol. The molecule has 136 valence electrons. The first-order valence-electron chi connectivity index (χ1n) is 9.59. The Kier molecular flexibility index (Phi) is 4.81. The molecule has 0 saturated heterocycles. The van der Waals surface area contributed by atoms with Crippen molar-refractivity contribution in [1.82, 2.24) is 9.97 Å². The van der Waals surface area contributed by atoms with Gasteiger partial charge in [-0.05, 0) is 75.8 Å². The van der Waals surface area contributed by atoms with Crippen LogP contribution < -0.4 is 10.2 Å². The number of hydrogen-bond donors (Lipinski definition) is 1. The van der Waals surface area contributed by atoms with Crippen molar-refractivity contribution in [2.24, 2.45) is 0 Å². The van der Waals surface area contributed by atoms with Crippen LogP contribution in [0.25, 0.3) is 10.2 Å². The molecule has 4 rings (SSSR count). The van der Waals surface area contributed by atoms with Crippen LogP contribution in [-0.2, 0) is 12.8 Å². The number of anilines is 3. The minimum Gasteiger partial charge on any atom is -0.372 e. The maximum atomic E-state index is 4.59. The van der Waals surface area contributed by atoms with Gasteiger partial charge in [-0.25, -0.2) is 9.97 Å². The minimum absolute atomic E-state index is 0.952. The summed E-state index contributed by atoms with van der Waals surface area (Å²) >= 11 is 1.84. The molecule has 26 heavy (non-hydrogen) atoms. The van der Waals surface area contributed by atoms with Crippen molar-refractivity contribution in [1.29, 1.82) is 0 Å². The molecule has 2 heterocycles. The smallest absolute Gasteiger partial charge is 0.142 e.